The third-order valence-electron chi connectivity index (χ3n) is 5.68. The largest absolute Gasteiger partial charge is 0.455 e. The van der Waals surface area contributed by atoms with Crippen molar-refractivity contribution >= 4 is 5.97 Å². The van der Waals surface area contributed by atoms with Crippen molar-refractivity contribution < 1.29 is 14.5 Å². The Morgan fingerprint density at radius 3 is 2.36 bits per heavy atom. The fourth-order valence-electron chi connectivity index (χ4n) is 5.29. The highest BCUT2D eigenvalue weighted by Crippen LogP contribution is 2.60. The molecule has 0 aromatic heterocycles. The van der Waals surface area contributed by atoms with Crippen LogP contribution in [-0.2, 0) is 4.74 Å². The van der Waals surface area contributed by atoms with Crippen LogP contribution in [0.15, 0.2) is 30.3 Å². The summed E-state index contributed by atoms with van der Waals surface area (Å²) in [5.74, 6) is 0.312. The summed E-state index contributed by atoms with van der Waals surface area (Å²) >= 11 is 0. The molecule has 22 heavy (non-hydrogen) atoms. The SMILES string of the molecule is O=C(OC12CC3CC(C1)CC([N+](=O)[O-])(C3)C2)c1ccccc1. The van der Waals surface area contributed by atoms with Gasteiger partial charge in [-0.15, -0.1) is 0 Å². The van der Waals surface area contributed by atoms with Crippen molar-refractivity contribution in [2.75, 3.05) is 0 Å². The van der Waals surface area contributed by atoms with Crippen molar-refractivity contribution in [3.8, 4) is 0 Å². The van der Waals surface area contributed by atoms with Gasteiger partial charge in [-0.05, 0) is 43.2 Å². The highest BCUT2D eigenvalue weighted by atomic mass is 16.6. The Hall–Kier alpha value is -1.91. The maximum Gasteiger partial charge on any atom is 0.338 e. The molecule has 0 saturated heterocycles. The molecular weight excluding hydrogens is 282 g/mol. The lowest BCUT2D eigenvalue weighted by atomic mass is 9.51. The smallest absolute Gasteiger partial charge is 0.338 e. The predicted molar refractivity (Wildman–Crippen MR) is 79.0 cm³/mol. The fourth-order valence-corrected chi connectivity index (χ4v) is 5.29. The highest BCUT2D eigenvalue weighted by Gasteiger charge is 2.65. The summed E-state index contributed by atoms with van der Waals surface area (Å²) in [4.78, 5) is 23.9. The lowest BCUT2D eigenvalue weighted by Crippen LogP contribution is -2.63. The Labute approximate surface area is 128 Å². The summed E-state index contributed by atoms with van der Waals surface area (Å²) in [6.07, 6.45) is 4.33. The second-order valence-electron chi connectivity index (χ2n) is 7.38. The monoisotopic (exact) mass is 301 g/mol. The Kier molecular flexibility index (Phi) is 2.83. The minimum absolute atomic E-state index is 0.102. The van der Waals surface area contributed by atoms with E-state index in [1.807, 2.05) is 6.07 Å². The molecule has 4 fully saturated rings. The summed E-state index contributed by atoms with van der Waals surface area (Å²) in [6, 6.07) is 8.91. The van der Waals surface area contributed by atoms with Crippen molar-refractivity contribution in [3.05, 3.63) is 46.0 Å². The summed E-state index contributed by atoms with van der Waals surface area (Å²) in [5, 5.41) is 11.6. The third kappa shape index (κ3) is 2.02. The molecule has 2 unspecified atom stereocenters. The van der Waals surface area contributed by atoms with Crippen LogP contribution in [0.2, 0.25) is 0 Å². The molecule has 4 saturated carbocycles. The van der Waals surface area contributed by atoms with E-state index in [4.69, 9.17) is 4.74 Å². The first-order valence-electron chi connectivity index (χ1n) is 7.93. The van der Waals surface area contributed by atoms with E-state index < -0.39 is 11.1 Å². The molecule has 5 heteroatoms. The summed E-state index contributed by atoms with van der Waals surface area (Å²) in [5.41, 5.74) is -0.959. The number of carbonyl (C=O) groups is 1. The molecule has 0 radical (unpaired) electrons. The van der Waals surface area contributed by atoms with E-state index in [0.717, 1.165) is 19.3 Å². The number of hydrogen-bond acceptors (Lipinski definition) is 4. The van der Waals surface area contributed by atoms with Crippen molar-refractivity contribution in [1.82, 2.24) is 0 Å². The van der Waals surface area contributed by atoms with E-state index in [9.17, 15) is 14.9 Å². The predicted octanol–water partition coefficient (Wildman–Crippen LogP) is 3.21. The highest BCUT2D eigenvalue weighted by molar-refractivity contribution is 5.89. The number of rotatable bonds is 3. The number of nitro groups is 1. The van der Waals surface area contributed by atoms with E-state index in [1.54, 1.807) is 24.3 Å². The molecular formula is C17H19NO4. The molecule has 4 aliphatic carbocycles. The number of nitrogens with zero attached hydrogens (tertiary/aromatic N) is 1. The number of carbonyl (C=O) groups excluding carboxylic acids is 1. The average Bonchev–Trinajstić information content (AvgIpc) is 2.46. The van der Waals surface area contributed by atoms with Gasteiger partial charge in [0, 0.05) is 17.8 Å². The molecule has 0 spiro atoms. The van der Waals surface area contributed by atoms with Crippen LogP contribution in [0.3, 0.4) is 0 Å². The lowest BCUT2D eigenvalue weighted by Gasteiger charge is -2.56. The van der Waals surface area contributed by atoms with Crippen LogP contribution in [0.5, 0.6) is 0 Å². The van der Waals surface area contributed by atoms with Gasteiger partial charge in [-0.3, -0.25) is 10.1 Å². The number of hydrogen-bond donors (Lipinski definition) is 0. The van der Waals surface area contributed by atoms with E-state index >= 15 is 0 Å². The van der Waals surface area contributed by atoms with Crippen LogP contribution < -0.4 is 0 Å². The molecule has 0 aliphatic heterocycles. The summed E-state index contributed by atoms with van der Waals surface area (Å²) in [7, 11) is 0. The van der Waals surface area contributed by atoms with Gasteiger partial charge < -0.3 is 4.74 Å². The minimum Gasteiger partial charge on any atom is -0.455 e. The molecule has 1 aromatic rings. The zero-order valence-corrected chi connectivity index (χ0v) is 12.4. The van der Waals surface area contributed by atoms with Crippen LogP contribution in [0.25, 0.3) is 0 Å². The Bertz CT molecular complexity index is 613. The van der Waals surface area contributed by atoms with Gasteiger partial charge in [-0.25, -0.2) is 4.79 Å². The Balaban J connectivity index is 1.61. The van der Waals surface area contributed by atoms with Gasteiger partial charge in [-0.1, -0.05) is 18.2 Å². The zero-order chi connectivity index (χ0) is 15.4. The van der Waals surface area contributed by atoms with Crippen molar-refractivity contribution in [2.45, 2.75) is 49.7 Å². The minimum atomic E-state index is -0.860. The Morgan fingerprint density at radius 1 is 1.14 bits per heavy atom. The van der Waals surface area contributed by atoms with Crippen molar-refractivity contribution in [1.29, 1.82) is 0 Å². The van der Waals surface area contributed by atoms with E-state index in [1.165, 1.54) is 0 Å². The molecule has 4 aliphatic rings. The van der Waals surface area contributed by atoms with Crippen molar-refractivity contribution in [3.63, 3.8) is 0 Å². The molecule has 1 aromatic carbocycles. The van der Waals surface area contributed by atoms with Crippen LogP contribution in [0.4, 0.5) is 0 Å². The van der Waals surface area contributed by atoms with Gasteiger partial charge in [0.05, 0.1) is 12.0 Å². The third-order valence-corrected chi connectivity index (χ3v) is 5.68. The first-order valence-corrected chi connectivity index (χ1v) is 7.93. The fraction of sp³-hybridized carbons (Fsp3) is 0.588. The lowest BCUT2D eigenvalue weighted by molar-refractivity contribution is -0.592. The van der Waals surface area contributed by atoms with Gasteiger partial charge >= 0.3 is 5.97 Å². The molecule has 0 heterocycles. The molecule has 0 amide bonds. The standard InChI is InChI=1S/C17H19NO4/c19-15(14-4-2-1-3-5-14)22-17-9-12-6-13(10-17)8-16(7-12,11-17)18(20)21/h1-5,12-13H,6-11H2. The van der Waals surface area contributed by atoms with E-state index in [0.29, 0.717) is 36.7 Å². The van der Waals surface area contributed by atoms with Crippen LogP contribution >= 0.6 is 0 Å². The van der Waals surface area contributed by atoms with Crippen LogP contribution in [-0.4, -0.2) is 22.0 Å². The van der Waals surface area contributed by atoms with E-state index in [2.05, 4.69) is 0 Å². The maximum absolute atomic E-state index is 12.4. The number of ether oxygens (including phenoxy) is 1. The van der Waals surface area contributed by atoms with Gasteiger partial charge in [0.15, 0.2) is 0 Å². The normalized spacial score (nSPS) is 38.7. The molecule has 116 valence electrons. The van der Waals surface area contributed by atoms with E-state index in [-0.39, 0.29) is 10.9 Å². The second-order valence-corrected chi connectivity index (χ2v) is 7.38. The molecule has 5 rings (SSSR count). The van der Waals surface area contributed by atoms with Gasteiger partial charge in [0.25, 0.3) is 0 Å². The summed E-state index contributed by atoms with van der Waals surface area (Å²) in [6.45, 7) is 0. The van der Waals surface area contributed by atoms with Gasteiger partial charge in [0.2, 0.25) is 5.54 Å². The number of benzene rings is 1. The van der Waals surface area contributed by atoms with Crippen molar-refractivity contribution in [2.24, 2.45) is 11.8 Å². The molecule has 2 atom stereocenters. The molecule has 4 bridgehead atoms. The first-order chi connectivity index (χ1) is 10.5. The number of esters is 1. The van der Waals surface area contributed by atoms with Gasteiger partial charge in [0.1, 0.15) is 5.60 Å². The molecule has 5 nitrogen and oxygen atoms in total. The van der Waals surface area contributed by atoms with Crippen LogP contribution in [0, 0.1) is 22.0 Å². The maximum atomic E-state index is 12.4. The quantitative estimate of drug-likeness (QED) is 0.488. The Morgan fingerprint density at radius 2 is 1.77 bits per heavy atom. The van der Waals surface area contributed by atoms with Crippen LogP contribution in [0.1, 0.15) is 48.9 Å². The van der Waals surface area contributed by atoms with Gasteiger partial charge in [-0.2, -0.15) is 0 Å². The zero-order valence-electron chi connectivity index (χ0n) is 12.4. The topological polar surface area (TPSA) is 69.4 Å². The summed E-state index contributed by atoms with van der Waals surface area (Å²) < 4.78 is 5.87. The first kappa shape index (κ1) is 13.7. The average molecular weight is 301 g/mol. The molecule has 0 N–H and O–H groups in total. The second kappa shape index (κ2) is 4.54.